The molecule has 37 heavy (non-hydrogen) atoms. The molecule has 0 bridgehead atoms. The summed E-state index contributed by atoms with van der Waals surface area (Å²) in [6, 6.07) is 20.3. The van der Waals surface area contributed by atoms with Gasteiger partial charge in [-0.25, -0.2) is 4.98 Å². The average molecular weight is 533 g/mol. The standard InChI is InChI=1S/C26H21ClN6O3S/c27-23-10-9-22(37-23)21-13-17(31-36-21)15-33-20-4-2-1-3-19(20)30-25(33)26(35)29-16-5-7-18(8-6-16)32-12-11-28-14-24(32)34/h1-10,13,28H,11-12,14-15H2,(H,29,35). The Morgan fingerprint density at radius 3 is 2.76 bits per heavy atom. The van der Waals surface area contributed by atoms with E-state index in [0.717, 1.165) is 22.6 Å². The van der Waals surface area contributed by atoms with Gasteiger partial charge in [0.2, 0.25) is 11.7 Å². The second kappa shape index (κ2) is 9.81. The highest BCUT2D eigenvalue weighted by Crippen LogP contribution is 2.31. The van der Waals surface area contributed by atoms with Gasteiger partial charge in [-0.3, -0.25) is 9.59 Å². The molecule has 4 heterocycles. The van der Waals surface area contributed by atoms with Crippen LogP contribution in [0.1, 0.15) is 16.3 Å². The van der Waals surface area contributed by atoms with Crippen LogP contribution in [0.3, 0.4) is 0 Å². The molecule has 0 atom stereocenters. The lowest BCUT2D eigenvalue weighted by Gasteiger charge is -2.27. The van der Waals surface area contributed by atoms with Crippen LogP contribution in [0.25, 0.3) is 21.7 Å². The van der Waals surface area contributed by atoms with Crippen molar-refractivity contribution in [3.8, 4) is 10.6 Å². The van der Waals surface area contributed by atoms with Crippen LogP contribution >= 0.6 is 22.9 Å². The molecule has 0 spiro atoms. The van der Waals surface area contributed by atoms with Crippen LogP contribution in [-0.4, -0.2) is 46.2 Å². The maximum absolute atomic E-state index is 13.3. The van der Waals surface area contributed by atoms with Gasteiger partial charge >= 0.3 is 0 Å². The topological polar surface area (TPSA) is 105 Å². The van der Waals surface area contributed by atoms with Crippen molar-refractivity contribution in [2.24, 2.45) is 0 Å². The fraction of sp³-hybridized carbons (Fsp3) is 0.154. The van der Waals surface area contributed by atoms with Gasteiger partial charge in [0.25, 0.3) is 5.91 Å². The van der Waals surface area contributed by atoms with E-state index in [1.807, 2.05) is 59.2 Å². The molecule has 1 fully saturated rings. The Balaban J connectivity index is 1.25. The zero-order valence-electron chi connectivity index (χ0n) is 19.5. The zero-order valence-corrected chi connectivity index (χ0v) is 21.1. The molecule has 1 saturated heterocycles. The van der Waals surface area contributed by atoms with E-state index in [9.17, 15) is 9.59 Å². The van der Waals surface area contributed by atoms with E-state index in [1.165, 1.54) is 11.3 Å². The molecule has 0 aliphatic carbocycles. The van der Waals surface area contributed by atoms with Gasteiger partial charge in [0.1, 0.15) is 5.69 Å². The first-order chi connectivity index (χ1) is 18.0. The van der Waals surface area contributed by atoms with E-state index in [1.54, 1.807) is 17.0 Å². The van der Waals surface area contributed by atoms with Crippen LogP contribution in [0.15, 0.2) is 71.3 Å². The van der Waals surface area contributed by atoms with E-state index in [2.05, 4.69) is 20.8 Å². The van der Waals surface area contributed by atoms with Crippen molar-refractivity contribution >= 4 is 57.2 Å². The first kappa shape index (κ1) is 23.4. The third-order valence-corrected chi connectivity index (χ3v) is 7.32. The lowest BCUT2D eigenvalue weighted by molar-refractivity contribution is -0.118. The lowest BCUT2D eigenvalue weighted by atomic mass is 10.2. The summed E-state index contributed by atoms with van der Waals surface area (Å²) in [5.41, 5.74) is 3.57. The first-order valence-corrected chi connectivity index (χ1v) is 12.8. The van der Waals surface area contributed by atoms with Gasteiger partial charge in [-0.05, 0) is 48.5 Å². The molecule has 0 unspecified atom stereocenters. The molecule has 1 aliphatic heterocycles. The van der Waals surface area contributed by atoms with Crippen molar-refractivity contribution in [2.75, 3.05) is 29.9 Å². The third-order valence-electron chi connectivity index (χ3n) is 6.08. The minimum atomic E-state index is -0.351. The predicted molar refractivity (Wildman–Crippen MR) is 143 cm³/mol. The Morgan fingerprint density at radius 1 is 1.14 bits per heavy atom. The highest BCUT2D eigenvalue weighted by Gasteiger charge is 2.21. The zero-order chi connectivity index (χ0) is 25.4. The molecule has 11 heteroatoms. The molecule has 3 aromatic heterocycles. The number of nitrogens with zero attached hydrogens (tertiary/aromatic N) is 4. The minimum absolute atomic E-state index is 0.0231. The number of carbonyl (C=O) groups is 2. The first-order valence-electron chi connectivity index (χ1n) is 11.6. The van der Waals surface area contributed by atoms with Gasteiger partial charge in [-0.15, -0.1) is 11.3 Å². The molecule has 6 rings (SSSR count). The minimum Gasteiger partial charge on any atom is -0.355 e. The van der Waals surface area contributed by atoms with Crippen LogP contribution in [-0.2, 0) is 11.3 Å². The van der Waals surface area contributed by atoms with E-state index < -0.39 is 0 Å². The normalized spacial score (nSPS) is 13.9. The highest BCUT2D eigenvalue weighted by atomic mass is 35.5. The molecule has 186 valence electrons. The molecule has 2 amide bonds. The van der Waals surface area contributed by atoms with Gasteiger partial charge in [0.15, 0.2) is 5.76 Å². The molecular weight excluding hydrogens is 512 g/mol. The summed E-state index contributed by atoms with van der Waals surface area (Å²) in [6.45, 7) is 1.98. The SMILES string of the molecule is O=C(Nc1ccc(N2CCNCC2=O)cc1)c1nc2ccccc2n1Cc1cc(-c2ccc(Cl)s2)on1. The Morgan fingerprint density at radius 2 is 1.97 bits per heavy atom. The van der Waals surface area contributed by atoms with Crippen LogP contribution in [0.4, 0.5) is 11.4 Å². The van der Waals surface area contributed by atoms with Crippen molar-refractivity contribution in [1.82, 2.24) is 20.0 Å². The maximum Gasteiger partial charge on any atom is 0.291 e. The number of anilines is 2. The number of hydrogen-bond donors (Lipinski definition) is 2. The van der Waals surface area contributed by atoms with Gasteiger partial charge in [0.05, 0.1) is 33.3 Å². The van der Waals surface area contributed by atoms with Gasteiger partial charge in [0, 0.05) is 30.5 Å². The molecule has 0 saturated carbocycles. The molecule has 2 N–H and O–H groups in total. The molecular formula is C26H21ClN6O3S. The number of halogens is 1. The molecule has 1 aliphatic rings. The fourth-order valence-electron chi connectivity index (χ4n) is 4.31. The van der Waals surface area contributed by atoms with Crippen molar-refractivity contribution in [3.63, 3.8) is 0 Å². The number of piperazine rings is 1. The Kier molecular flexibility index (Phi) is 6.21. The highest BCUT2D eigenvalue weighted by molar-refractivity contribution is 7.19. The van der Waals surface area contributed by atoms with Crippen LogP contribution in [0.2, 0.25) is 4.34 Å². The number of hydrogen-bond acceptors (Lipinski definition) is 7. The van der Waals surface area contributed by atoms with E-state index in [0.29, 0.717) is 46.6 Å². The van der Waals surface area contributed by atoms with Crippen molar-refractivity contribution in [1.29, 1.82) is 0 Å². The summed E-state index contributed by atoms with van der Waals surface area (Å²) in [6.07, 6.45) is 0. The number of benzene rings is 2. The molecule has 9 nitrogen and oxygen atoms in total. The number of thiophene rings is 1. The number of fused-ring (bicyclic) bond motifs is 1. The number of aromatic nitrogens is 3. The fourth-order valence-corrected chi connectivity index (χ4v) is 5.30. The number of amides is 2. The maximum atomic E-state index is 13.3. The summed E-state index contributed by atoms with van der Waals surface area (Å²) in [7, 11) is 0. The van der Waals surface area contributed by atoms with Crippen molar-refractivity contribution in [3.05, 3.63) is 82.6 Å². The Bertz CT molecular complexity index is 1610. The van der Waals surface area contributed by atoms with Gasteiger partial charge < -0.3 is 24.6 Å². The second-order valence-electron chi connectivity index (χ2n) is 8.52. The van der Waals surface area contributed by atoms with Crippen molar-refractivity contribution in [2.45, 2.75) is 6.54 Å². The summed E-state index contributed by atoms with van der Waals surface area (Å²) in [5, 5.41) is 10.2. The monoisotopic (exact) mass is 532 g/mol. The van der Waals surface area contributed by atoms with E-state index in [-0.39, 0.29) is 17.6 Å². The second-order valence-corrected chi connectivity index (χ2v) is 10.2. The third kappa shape index (κ3) is 4.74. The molecule has 0 radical (unpaired) electrons. The summed E-state index contributed by atoms with van der Waals surface area (Å²) in [5.74, 6) is 0.544. The van der Waals surface area contributed by atoms with Crippen molar-refractivity contribution < 1.29 is 14.1 Å². The predicted octanol–water partition coefficient (Wildman–Crippen LogP) is 4.64. The molecule has 2 aromatic carbocycles. The number of imidazole rings is 1. The van der Waals surface area contributed by atoms with Gasteiger partial charge in [-0.1, -0.05) is 28.9 Å². The van der Waals surface area contributed by atoms with Crippen LogP contribution in [0, 0.1) is 0 Å². The summed E-state index contributed by atoms with van der Waals surface area (Å²) < 4.78 is 8.01. The number of rotatable bonds is 6. The Hall–Kier alpha value is -3.99. The Labute approximate surface area is 220 Å². The number of nitrogens with one attached hydrogen (secondary N) is 2. The largest absolute Gasteiger partial charge is 0.355 e. The summed E-state index contributed by atoms with van der Waals surface area (Å²) in [4.78, 5) is 32.7. The smallest absolute Gasteiger partial charge is 0.291 e. The molecule has 5 aromatic rings. The number of carbonyl (C=O) groups excluding carboxylic acids is 2. The number of para-hydroxylation sites is 2. The summed E-state index contributed by atoms with van der Waals surface area (Å²) >= 11 is 7.46. The van der Waals surface area contributed by atoms with Gasteiger partial charge in [-0.2, -0.15) is 0 Å². The quantitative estimate of drug-likeness (QED) is 0.330. The van der Waals surface area contributed by atoms with Crippen LogP contribution in [0.5, 0.6) is 0 Å². The van der Waals surface area contributed by atoms with Crippen LogP contribution < -0.4 is 15.5 Å². The average Bonchev–Trinajstić information content (AvgIpc) is 3.64. The van der Waals surface area contributed by atoms with E-state index >= 15 is 0 Å². The van der Waals surface area contributed by atoms with E-state index in [4.69, 9.17) is 16.1 Å². The lowest BCUT2D eigenvalue weighted by Crippen LogP contribution is -2.48.